The number of nitrogens with zero attached hydrogens (tertiary/aromatic N) is 2. The summed E-state index contributed by atoms with van der Waals surface area (Å²) in [4.78, 5) is 8.62. The molecule has 0 aliphatic rings. The number of aromatic nitrogens is 2. The zero-order valence-electron chi connectivity index (χ0n) is 12.2. The van der Waals surface area contributed by atoms with Gasteiger partial charge in [0.1, 0.15) is 0 Å². The van der Waals surface area contributed by atoms with Crippen LogP contribution in [0.4, 0.5) is 0 Å². The van der Waals surface area contributed by atoms with Crippen LogP contribution >= 0.6 is 7.60 Å². The van der Waals surface area contributed by atoms with Crippen molar-refractivity contribution in [1.82, 2.24) is 9.97 Å². The van der Waals surface area contributed by atoms with Crippen molar-refractivity contribution in [1.29, 1.82) is 0 Å². The molecule has 0 saturated heterocycles. The smallest absolute Gasteiger partial charge is 0.309 e. The standard InChI is InChI=1S/C15H19N2O3P/c1-3-19-21(18,20-4-2)12-13-10-16-15(17-11-13)14-8-6-5-7-9-14/h5-11H,3-4,12H2,1-2H3. The Morgan fingerprint density at radius 1 is 1.00 bits per heavy atom. The second-order valence-electron chi connectivity index (χ2n) is 4.39. The van der Waals surface area contributed by atoms with Crippen molar-refractivity contribution in [2.75, 3.05) is 13.2 Å². The molecule has 5 nitrogen and oxygen atoms in total. The molecule has 0 atom stereocenters. The van der Waals surface area contributed by atoms with Gasteiger partial charge < -0.3 is 9.05 Å². The van der Waals surface area contributed by atoms with Crippen LogP contribution in [0.5, 0.6) is 0 Å². The normalized spacial score (nSPS) is 11.5. The summed E-state index contributed by atoms with van der Waals surface area (Å²) in [5.41, 5.74) is 1.68. The largest absolute Gasteiger partial charge is 0.335 e. The summed E-state index contributed by atoms with van der Waals surface area (Å²) in [6.45, 7) is 4.28. The molecule has 1 aromatic carbocycles. The molecule has 1 aromatic heterocycles. The molecular weight excluding hydrogens is 287 g/mol. The van der Waals surface area contributed by atoms with Gasteiger partial charge in [-0.2, -0.15) is 0 Å². The highest BCUT2D eigenvalue weighted by atomic mass is 31.2. The molecule has 6 heteroatoms. The van der Waals surface area contributed by atoms with E-state index in [2.05, 4.69) is 9.97 Å². The molecule has 0 aliphatic carbocycles. The zero-order chi connectivity index (χ0) is 15.1. The second kappa shape index (κ2) is 7.46. The van der Waals surface area contributed by atoms with E-state index in [4.69, 9.17) is 9.05 Å². The Balaban J connectivity index is 2.13. The second-order valence-corrected chi connectivity index (χ2v) is 6.44. The summed E-state index contributed by atoms with van der Waals surface area (Å²) in [6.07, 6.45) is 3.52. The summed E-state index contributed by atoms with van der Waals surface area (Å²) >= 11 is 0. The molecule has 0 unspecified atom stereocenters. The lowest BCUT2D eigenvalue weighted by Gasteiger charge is -2.16. The molecule has 112 valence electrons. The van der Waals surface area contributed by atoms with Gasteiger partial charge in [0, 0.05) is 23.5 Å². The van der Waals surface area contributed by atoms with Gasteiger partial charge in [0.05, 0.1) is 19.4 Å². The molecule has 0 aliphatic heterocycles. The van der Waals surface area contributed by atoms with Crippen molar-refractivity contribution in [2.45, 2.75) is 20.0 Å². The average Bonchev–Trinajstić information content (AvgIpc) is 2.49. The summed E-state index contributed by atoms with van der Waals surface area (Å²) < 4.78 is 23.0. The maximum Gasteiger partial charge on any atom is 0.335 e. The van der Waals surface area contributed by atoms with Crippen molar-refractivity contribution in [3.05, 3.63) is 48.3 Å². The first kappa shape index (κ1) is 15.8. The molecule has 0 amide bonds. The first-order valence-electron chi connectivity index (χ1n) is 6.91. The number of hydrogen-bond acceptors (Lipinski definition) is 5. The topological polar surface area (TPSA) is 61.3 Å². The van der Waals surface area contributed by atoms with Crippen molar-refractivity contribution in [2.24, 2.45) is 0 Å². The third kappa shape index (κ3) is 4.46. The predicted octanol–water partition coefficient (Wildman–Crippen LogP) is 3.91. The summed E-state index contributed by atoms with van der Waals surface area (Å²) in [5, 5.41) is 0. The number of rotatable bonds is 7. The van der Waals surface area contributed by atoms with Crippen LogP contribution in [-0.2, 0) is 19.8 Å². The van der Waals surface area contributed by atoms with E-state index in [-0.39, 0.29) is 6.16 Å². The maximum atomic E-state index is 12.4. The molecule has 2 aromatic rings. The zero-order valence-corrected chi connectivity index (χ0v) is 13.1. The molecule has 0 saturated carbocycles. The molecule has 2 rings (SSSR count). The summed E-state index contributed by atoms with van der Waals surface area (Å²) in [7, 11) is -3.11. The Morgan fingerprint density at radius 3 is 2.10 bits per heavy atom. The van der Waals surface area contributed by atoms with Crippen LogP contribution in [0, 0.1) is 0 Å². The highest BCUT2D eigenvalue weighted by molar-refractivity contribution is 7.53. The van der Waals surface area contributed by atoms with Gasteiger partial charge in [0.15, 0.2) is 5.82 Å². The first-order chi connectivity index (χ1) is 10.2. The van der Waals surface area contributed by atoms with E-state index >= 15 is 0 Å². The van der Waals surface area contributed by atoms with Crippen LogP contribution in [0.3, 0.4) is 0 Å². The molecule has 0 spiro atoms. The third-order valence-electron chi connectivity index (χ3n) is 2.77. The van der Waals surface area contributed by atoms with Crippen LogP contribution in [0.25, 0.3) is 11.4 Å². The van der Waals surface area contributed by atoms with Gasteiger partial charge in [-0.3, -0.25) is 4.57 Å². The summed E-state index contributed by atoms with van der Waals surface area (Å²) in [6, 6.07) is 9.70. The Morgan fingerprint density at radius 2 is 1.57 bits per heavy atom. The maximum absolute atomic E-state index is 12.4. The van der Waals surface area contributed by atoms with Crippen LogP contribution in [0.15, 0.2) is 42.7 Å². The van der Waals surface area contributed by atoms with E-state index in [1.165, 1.54) is 0 Å². The molecular formula is C15H19N2O3P. The van der Waals surface area contributed by atoms with Gasteiger partial charge >= 0.3 is 7.60 Å². The third-order valence-corrected chi connectivity index (χ3v) is 4.82. The summed E-state index contributed by atoms with van der Waals surface area (Å²) in [5.74, 6) is 0.641. The Kier molecular flexibility index (Phi) is 5.62. The fourth-order valence-corrected chi connectivity index (χ4v) is 3.57. The first-order valence-corrected chi connectivity index (χ1v) is 8.64. The van der Waals surface area contributed by atoms with Crippen LogP contribution in [0.1, 0.15) is 19.4 Å². The van der Waals surface area contributed by atoms with Crippen molar-refractivity contribution >= 4 is 7.60 Å². The molecule has 0 fully saturated rings. The van der Waals surface area contributed by atoms with Crippen molar-refractivity contribution in [3.8, 4) is 11.4 Å². The average molecular weight is 306 g/mol. The quantitative estimate of drug-likeness (QED) is 0.726. The van der Waals surface area contributed by atoms with Crippen molar-refractivity contribution in [3.63, 3.8) is 0 Å². The van der Waals surface area contributed by atoms with Gasteiger partial charge in [-0.05, 0) is 13.8 Å². The van der Waals surface area contributed by atoms with E-state index in [0.717, 1.165) is 11.1 Å². The van der Waals surface area contributed by atoms with E-state index in [0.29, 0.717) is 19.0 Å². The van der Waals surface area contributed by atoms with Crippen molar-refractivity contribution < 1.29 is 13.6 Å². The predicted molar refractivity (Wildman–Crippen MR) is 82.0 cm³/mol. The van der Waals surface area contributed by atoms with E-state index in [1.807, 2.05) is 30.3 Å². The molecule has 1 heterocycles. The van der Waals surface area contributed by atoms with Gasteiger partial charge in [-0.25, -0.2) is 9.97 Å². The highest BCUT2D eigenvalue weighted by Gasteiger charge is 2.24. The van der Waals surface area contributed by atoms with Gasteiger partial charge in [0.25, 0.3) is 0 Å². The molecule has 0 N–H and O–H groups in total. The Bertz CT molecular complexity index is 592. The van der Waals surface area contributed by atoms with Gasteiger partial charge in [-0.15, -0.1) is 0 Å². The minimum absolute atomic E-state index is 0.184. The van der Waals surface area contributed by atoms with E-state index in [1.54, 1.807) is 26.2 Å². The monoisotopic (exact) mass is 306 g/mol. The SMILES string of the molecule is CCOP(=O)(Cc1cnc(-c2ccccc2)nc1)OCC. The van der Waals surface area contributed by atoms with Crippen LogP contribution in [-0.4, -0.2) is 23.2 Å². The fourth-order valence-electron chi connectivity index (χ4n) is 1.92. The Labute approximate surface area is 124 Å². The van der Waals surface area contributed by atoms with E-state index in [9.17, 15) is 4.57 Å². The lowest BCUT2D eigenvalue weighted by atomic mass is 10.2. The Hall–Kier alpha value is -1.55. The van der Waals surface area contributed by atoms with Gasteiger partial charge in [0.2, 0.25) is 0 Å². The number of benzene rings is 1. The number of hydrogen-bond donors (Lipinski definition) is 0. The lowest BCUT2D eigenvalue weighted by molar-refractivity contribution is 0.219. The molecule has 0 bridgehead atoms. The van der Waals surface area contributed by atoms with Gasteiger partial charge in [-0.1, -0.05) is 30.3 Å². The molecule has 0 radical (unpaired) electrons. The van der Waals surface area contributed by atoms with E-state index < -0.39 is 7.60 Å². The molecule has 21 heavy (non-hydrogen) atoms. The minimum Gasteiger partial charge on any atom is -0.309 e. The van der Waals surface area contributed by atoms with Crippen LogP contribution in [0.2, 0.25) is 0 Å². The minimum atomic E-state index is -3.11. The van der Waals surface area contributed by atoms with Crippen LogP contribution < -0.4 is 0 Å². The lowest BCUT2D eigenvalue weighted by Crippen LogP contribution is -2.00. The fraction of sp³-hybridized carbons (Fsp3) is 0.333. The highest BCUT2D eigenvalue weighted by Crippen LogP contribution is 2.51.